The first-order valence-corrected chi connectivity index (χ1v) is 11.7. The molecule has 176 valence electrons. The van der Waals surface area contributed by atoms with E-state index >= 15 is 0 Å². The summed E-state index contributed by atoms with van der Waals surface area (Å²) < 4.78 is 17.8. The minimum atomic E-state index is -0.120. The lowest BCUT2D eigenvalue weighted by atomic mass is 10.0. The lowest BCUT2D eigenvalue weighted by molar-refractivity contribution is -0.121. The zero-order valence-electron chi connectivity index (χ0n) is 18.8. The van der Waals surface area contributed by atoms with E-state index in [4.69, 9.17) is 14.2 Å². The summed E-state index contributed by atoms with van der Waals surface area (Å²) in [5.74, 6) is 1.19. The number of aromatic nitrogens is 2. The fourth-order valence-electron chi connectivity index (χ4n) is 3.98. The van der Waals surface area contributed by atoms with Crippen molar-refractivity contribution in [3.05, 3.63) is 51.9 Å². The van der Waals surface area contributed by atoms with Crippen molar-refractivity contribution in [3.8, 4) is 11.5 Å². The highest BCUT2D eigenvalue weighted by atomic mass is 32.1. The summed E-state index contributed by atoms with van der Waals surface area (Å²) in [7, 11) is 3.21. The highest BCUT2D eigenvalue weighted by Gasteiger charge is 2.24. The summed E-state index contributed by atoms with van der Waals surface area (Å²) in [5.41, 5.74) is 0.906. The smallest absolute Gasteiger partial charge is 0.262 e. The summed E-state index contributed by atoms with van der Waals surface area (Å²) in [6.45, 7) is 3.57. The van der Waals surface area contributed by atoms with Gasteiger partial charge in [0.15, 0.2) is 11.5 Å². The molecule has 1 atom stereocenters. The van der Waals surface area contributed by atoms with Crippen molar-refractivity contribution in [1.29, 1.82) is 0 Å². The van der Waals surface area contributed by atoms with Crippen LogP contribution in [0.1, 0.15) is 18.0 Å². The van der Waals surface area contributed by atoms with Crippen LogP contribution >= 0.6 is 11.3 Å². The first-order valence-electron chi connectivity index (χ1n) is 10.8. The molecule has 1 aromatic carbocycles. The van der Waals surface area contributed by atoms with Crippen LogP contribution in [0.4, 0.5) is 0 Å². The van der Waals surface area contributed by atoms with Gasteiger partial charge in [-0.05, 0) is 29.1 Å². The molecule has 33 heavy (non-hydrogen) atoms. The van der Waals surface area contributed by atoms with Crippen LogP contribution in [0.25, 0.3) is 10.2 Å². The highest BCUT2D eigenvalue weighted by molar-refractivity contribution is 7.16. The van der Waals surface area contributed by atoms with Crippen molar-refractivity contribution in [2.75, 3.05) is 47.1 Å². The van der Waals surface area contributed by atoms with E-state index in [1.165, 1.54) is 22.2 Å². The monoisotopic (exact) mass is 472 g/mol. The largest absolute Gasteiger partial charge is 0.493 e. The van der Waals surface area contributed by atoms with Crippen LogP contribution in [0.5, 0.6) is 11.5 Å². The van der Waals surface area contributed by atoms with E-state index in [-0.39, 0.29) is 30.5 Å². The molecule has 4 rings (SSSR count). The molecule has 0 unspecified atom stereocenters. The van der Waals surface area contributed by atoms with E-state index in [2.05, 4.69) is 15.2 Å². The first-order chi connectivity index (χ1) is 16.1. The molecule has 1 saturated heterocycles. The summed E-state index contributed by atoms with van der Waals surface area (Å²) in [6, 6.07) is 7.55. The van der Waals surface area contributed by atoms with Crippen LogP contribution in [0.15, 0.2) is 40.8 Å². The standard InChI is InChI=1S/C23H28N4O5S/c1-30-19-4-3-16(13-20(19)31-2)18(26-8-10-32-11-9-26)14-24-21(28)5-7-27-15-25-22-17(23(27)29)6-12-33-22/h3-4,6,12-13,15,18H,5,7-11,14H2,1-2H3,(H,24,28)/t18-/m0/s1. The fraction of sp³-hybridized carbons (Fsp3) is 0.435. The first kappa shape index (κ1) is 23.2. The molecule has 0 saturated carbocycles. The maximum Gasteiger partial charge on any atom is 0.262 e. The average Bonchev–Trinajstić information content (AvgIpc) is 3.34. The van der Waals surface area contributed by atoms with Crippen LogP contribution in [-0.4, -0.2) is 67.4 Å². The number of hydrogen-bond acceptors (Lipinski definition) is 8. The van der Waals surface area contributed by atoms with Crippen LogP contribution in [-0.2, 0) is 16.1 Å². The quantitative estimate of drug-likeness (QED) is 0.509. The Balaban J connectivity index is 1.43. The second kappa shape index (κ2) is 10.8. The fourth-order valence-corrected chi connectivity index (χ4v) is 4.70. The molecule has 0 spiro atoms. The van der Waals surface area contributed by atoms with Gasteiger partial charge in [0, 0.05) is 32.6 Å². The van der Waals surface area contributed by atoms with E-state index in [9.17, 15) is 9.59 Å². The van der Waals surface area contributed by atoms with E-state index in [1.807, 2.05) is 23.6 Å². The van der Waals surface area contributed by atoms with Gasteiger partial charge >= 0.3 is 0 Å². The van der Waals surface area contributed by atoms with Gasteiger partial charge in [-0.2, -0.15) is 0 Å². The molecule has 1 N–H and O–H groups in total. The molecule has 1 amide bonds. The Morgan fingerprint density at radius 3 is 2.76 bits per heavy atom. The number of nitrogens with zero attached hydrogens (tertiary/aromatic N) is 3. The summed E-state index contributed by atoms with van der Waals surface area (Å²) in [5, 5.41) is 5.47. The maximum absolute atomic E-state index is 12.7. The predicted octanol–water partition coefficient (Wildman–Crippen LogP) is 2.05. The third-order valence-electron chi connectivity index (χ3n) is 5.80. The van der Waals surface area contributed by atoms with Crippen LogP contribution in [0, 0.1) is 0 Å². The van der Waals surface area contributed by atoms with E-state index < -0.39 is 0 Å². The number of methoxy groups -OCH3 is 2. The topological polar surface area (TPSA) is 94.9 Å². The van der Waals surface area contributed by atoms with Crippen molar-refractivity contribution >= 4 is 27.5 Å². The molecule has 1 aliphatic rings. The Morgan fingerprint density at radius 2 is 2.00 bits per heavy atom. The number of aryl methyl sites for hydroxylation is 1. The van der Waals surface area contributed by atoms with Crippen molar-refractivity contribution in [2.45, 2.75) is 19.0 Å². The Hall–Kier alpha value is -2.95. The summed E-state index contributed by atoms with van der Waals surface area (Å²) in [4.78, 5) is 32.5. The number of hydrogen-bond donors (Lipinski definition) is 1. The number of rotatable bonds is 9. The molecule has 3 heterocycles. The van der Waals surface area contributed by atoms with Gasteiger partial charge in [0.1, 0.15) is 4.83 Å². The molecule has 10 heteroatoms. The van der Waals surface area contributed by atoms with E-state index in [1.54, 1.807) is 20.3 Å². The molecule has 0 aliphatic carbocycles. The van der Waals surface area contributed by atoms with Crippen LogP contribution in [0.2, 0.25) is 0 Å². The molecular weight excluding hydrogens is 444 g/mol. The second-order valence-corrected chi connectivity index (χ2v) is 8.61. The van der Waals surface area contributed by atoms with Crippen molar-refractivity contribution in [2.24, 2.45) is 0 Å². The Bertz CT molecular complexity index is 1160. The van der Waals surface area contributed by atoms with Gasteiger partial charge in [0.2, 0.25) is 5.91 Å². The zero-order chi connectivity index (χ0) is 23.2. The van der Waals surface area contributed by atoms with Crippen LogP contribution < -0.4 is 20.3 Å². The Kier molecular flexibility index (Phi) is 7.58. The third-order valence-corrected chi connectivity index (χ3v) is 6.62. The number of carbonyl (C=O) groups excluding carboxylic acids is 1. The van der Waals surface area contributed by atoms with Gasteiger partial charge in [-0.25, -0.2) is 4.98 Å². The van der Waals surface area contributed by atoms with Gasteiger partial charge in [-0.15, -0.1) is 11.3 Å². The van der Waals surface area contributed by atoms with Gasteiger partial charge in [-0.1, -0.05) is 6.07 Å². The number of nitrogens with one attached hydrogen (secondary N) is 1. The Morgan fingerprint density at radius 1 is 1.21 bits per heavy atom. The van der Waals surface area contributed by atoms with Gasteiger partial charge in [0.05, 0.1) is 45.2 Å². The number of ether oxygens (including phenoxy) is 3. The number of benzene rings is 1. The van der Waals surface area contributed by atoms with E-state index in [0.717, 1.165) is 18.7 Å². The van der Waals surface area contributed by atoms with Gasteiger partial charge in [-0.3, -0.25) is 19.1 Å². The number of thiophene rings is 1. The molecule has 2 aromatic heterocycles. The van der Waals surface area contributed by atoms with Gasteiger partial charge in [0.25, 0.3) is 5.56 Å². The van der Waals surface area contributed by atoms with Crippen LogP contribution in [0.3, 0.4) is 0 Å². The van der Waals surface area contributed by atoms with Crippen molar-refractivity contribution in [3.63, 3.8) is 0 Å². The molecule has 1 fully saturated rings. The minimum absolute atomic E-state index is 0.0378. The average molecular weight is 473 g/mol. The number of amides is 1. The highest BCUT2D eigenvalue weighted by Crippen LogP contribution is 2.32. The molecule has 0 bridgehead atoms. The van der Waals surface area contributed by atoms with Crippen molar-refractivity contribution < 1.29 is 19.0 Å². The maximum atomic E-state index is 12.7. The molecule has 9 nitrogen and oxygen atoms in total. The normalized spacial score (nSPS) is 15.3. The lowest BCUT2D eigenvalue weighted by Crippen LogP contribution is -2.44. The molecule has 0 radical (unpaired) electrons. The summed E-state index contributed by atoms with van der Waals surface area (Å²) >= 11 is 1.43. The Labute approximate surface area is 195 Å². The lowest BCUT2D eigenvalue weighted by Gasteiger charge is -2.35. The zero-order valence-corrected chi connectivity index (χ0v) is 19.6. The number of carbonyl (C=O) groups is 1. The second-order valence-electron chi connectivity index (χ2n) is 7.72. The predicted molar refractivity (Wildman–Crippen MR) is 126 cm³/mol. The SMILES string of the molecule is COc1ccc([C@H](CNC(=O)CCn2cnc3sccc3c2=O)N2CCOCC2)cc1OC. The third kappa shape index (κ3) is 5.35. The van der Waals surface area contributed by atoms with Gasteiger partial charge < -0.3 is 19.5 Å². The molecule has 1 aliphatic heterocycles. The van der Waals surface area contributed by atoms with E-state index in [0.29, 0.717) is 41.5 Å². The minimum Gasteiger partial charge on any atom is -0.493 e. The summed E-state index contributed by atoms with van der Waals surface area (Å²) in [6.07, 6.45) is 1.70. The molecule has 3 aromatic rings. The van der Waals surface area contributed by atoms with Crippen molar-refractivity contribution in [1.82, 2.24) is 19.8 Å². The number of morpholine rings is 1. The number of fused-ring (bicyclic) bond motifs is 1. The molecular formula is C23H28N4O5S.